The third-order valence-corrected chi connectivity index (χ3v) is 5.01. The third-order valence-electron chi connectivity index (χ3n) is 3.61. The Bertz CT molecular complexity index is 936. The second-order valence-corrected chi connectivity index (χ2v) is 8.10. The van der Waals surface area contributed by atoms with Crippen molar-refractivity contribution in [1.82, 2.24) is 4.98 Å². The van der Waals surface area contributed by atoms with Crippen LogP contribution in [0.3, 0.4) is 0 Å². The number of hydrogen-bond acceptors (Lipinski definition) is 4. The Morgan fingerprint density at radius 3 is 2.39 bits per heavy atom. The molecule has 0 aliphatic rings. The van der Waals surface area contributed by atoms with Crippen LogP contribution in [0.5, 0.6) is 0 Å². The first-order valence-corrected chi connectivity index (χ1v) is 8.71. The fourth-order valence-electron chi connectivity index (χ4n) is 2.27. The lowest BCUT2D eigenvalue weighted by molar-refractivity contribution is 0.587. The maximum atomic E-state index is 12.5. The fourth-order valence-corrected chi connectivity index (χ4v) is 3.32. The standard InChI is InChI=1S/C17H18N2O3S/c1-17(2,3)12-4-7-14(8-5-12)23(20,21)19-13-6-9-15-16(10-13)22-11-18-15/h4-11,19H,1-3H3. The summed E-state index contributed by atoms with van der Waals surface area (Å²) in [5, 5.41) is 0. The summed E-state index contributed by atoms with van der Waals surface area (Å²) in [5.41, 5.74) is 2.72. The van der Waals surface area contributed by atoms with Gasteiger partial charge in [-0.15, -0.1) is 0 Å². The maximum absolute atomic E-state index is 12.5. The Labute approximate surface area is 135 Å². The van der Waals surface area contributed by atoms with Gasteiger partial charge in [0.15, 0.2) is 12.0 Å². The van der Waals surface area contributed by atoms with Gasteiger partial charge in [0, 0.05) is 6.07 Å². The molecule has 120 valence electrons. The molecular weight excluding hydrogens is 312 g/mol. The minimum Gasteiger partial charge on any atom is -0.443 e. The first-order valence-electron chi connectivity index (χ1n) is 7.22. The van der Waals surface area contributed by atoms with E-state index in [4.69, 9.17) is 4.42 Å². The van der Waals surface area contributed by atoms with E-state index in [9.17, 15) is 8.42 Å². The molecule has 0 aliphatic carbocycles. The molecule has 3 aromatic rings. The van der Waals surface area contributed by atoms with E-state index in [2.05, 4.69) is 30.5 Å². The zero-order chi connectivity index (χ0) is 16.7. The van der Waals surface area contributed by atoms with E-state index in [1.807, 2.05) is 12.1 Å². The summed E-state index contributed by atoms with van der Waals surface area (Å²) in [6.07, 6.45) is 1.33. The largest absolute Gasteiger partial charge is 0.443 e. The van der Waals surface area contributed by atoms with Gasteiger partial charge in [0.05, 0.1) is 10.6 Å². The fraction of sp³-hybridized carbons (Fsp3) is 0.235. The molecule has 0 fully saturated rings. The summed E-state index contributed by atoms with van der Waals surface area (Å²) in [4.78, 5) is 4.23. The quantitative estimate of drug-likeness (QED) is 0.790. The molecule has 0 aliphatic heterocycles. The molecule has 0 unspecified atom stereocenters. The molecule has 3 rings (SSSR count). The van der Waals surface area contributed by atoms with Crippen LogP contribution >= 0.6 is 0 Å². The Hall–Kier alpha value is -2.34. The van der Waals surface area contributed by atoms with Crippen molar-refractivity contribution in [3.63, 3.8) is 0 Å². The topological polar surface area (TPSA) is 72.2 Å². The lowest BCUT2D eigenvalue weighted by Crippen LogP contribution is -2.14. The molecule has 0 radical (unpaired) electrons. The summed E-state index contributed by atoms with van der Waals surface area (Å²) in [5.74, 6) is 0. The smallest absolute Gasteiger partial charge is 0.261 e. The molecular formula is C17H18N2O3S. The van der Waals surface area contributed by atoms with E-state index in [0.717, 1.165) is 5.56 Å². The summed E-state index contributed by atoms with van der Waals surface area (Å²) in [7, 11) is -3.64. The van der Waals surface area contributed by atoms with Crippen LogP contribution in [0.2, 0.25) is 0 Å². The van der Waals surface area contributed by atoms with Crippen molar-refractivity contribution in [2.45, 2.75) is 31.1 Å². The molecule has 1 aromatic heterocycles. The molecule has 0 saturated heterocycles. The zero-order valence-corrected chi connectivity index (χ0v) is 14.0. The van der Waals surface area contributed by atoms with Gasteiger partial charge in [-0.05, 0) is 35.2 Å². The Kier molecular flexibility index (Phi) is 3.64. The maximum Gasteiger partial charge on any atom is 0.261 e. The second kappa shape index (κ2) is 5.38. The summed E-state index contributed by atoms with van der Waals surface area (Å²) >= 11 is 0. The SMILES string of the molecule is CC(C)(C)c1ccc(S(=O)(=O)Nc2ccc3ncoc3c2)cc1. The lowest BCUT2D eigenvalue weighted by Gasteiger charge is -2.19. The van der Waals surface area contributed by atoms with Crippen molar-refractivity contribution >= 4 is 26.8 Å². The first kappa shape index (κ1) is 15.6. The van der Waals surface area contributed by atoms with Gasteiger partial charge >= 0.3 is 0 Å². The summed E-state index contributed by atoms with van der Waals surface area (Å²) in [6, 6.07) is 11.9. The van der Waals surface area contributed by atoms with Crippen LogP contribution in [0.15, 0.2) is 58.2 Å². The second-order valence-electron chi connectivity index (χ2n) is 6.41. The predicted octanol–water partition coefficient (Wildman–Crippen LogP) is 3.93. The van der Waals surface area contributed by atoms with Crippen molar-refractivity contribution in [2.24, 2.45) is 0 Å². The van der Waals surface area contributed by atoms with E-state index in [1.165, 1.54) is 6.39 Å². The first-order chi connectivity index (χ1) is 10.8. The molecule has 6 heteroatoms. The minimum atomic E-state index is -3.64. The van der Waals surface area contributed by atoms with Gasteiger partial charge in [0.25, 0.3) is 10.0 Å². The lowest BCUT2D eigenvalue weighted by atomic mass is 9.87. The van der Waals surface area contributed by atoms with Gasteiger partial charge in [0.1, 0.15) is 5.52 Å². The number of oxazole rings is 1. The number of hydrogen-bond donors (Lipinski definition) is 1. The van der Waals surface area contributed by atoms with Gasteiger partial charge in [-0.25, -0.2) is 13.4 Å². The molecule has 2 aromatic carbocycles. The van der Waals surface area contributed by atoms with Crippen molar-refractivity contribution in [3.8, 4) is 0 Å². The molecule has 23 heavy (non-hydrogen) atoms. The minimum absolute atomic E-state index is 0.0208. The van der Waals surface area contributed by atoms with Crippen molar-refractivity contribution < 1.29 is 12.8 Å². The average molecular weight is 330 g/mol. The zero-order valence-electron chi connectivity index (χ0n) is 13.2. The number of nitrogens with one attached hydrogen (secondary N) is 1. The number of nitrogens with zero attached hydrogens (tertiary/aromatic N) is 1. The third kappa shape index (κ3) is 3.22. The molecule has 0 atom stereocenters. The van der Waals surface area contributed by atoms with Crippen LogP contribution in [-0.4, -0.2) is 13.4 Å². The molecule has 0 saturated carbocycles. The van der Waals surface area contributed by atoms with Crippen LogP contribution in [0.25, 0.3) is 11.1 Å². The van der Waals surface area contributed by atoms with Gasteiger partial charge in [-0.2, -0.15) is 0 Å². The highest BCUT2D eigenvalue weighted by atomic mass is 32.2. The number of aromatic nitrogens is 1. The van der Waals surface area contributed by atoms with E-state index in [0.29, 0.717) is 16.8 Å². The van der Waals surface area contributed by atoms with Gasteiger partial charge in [-0.1, -0.05) is 32.9 Å². The number of rotatable bonds is 3. The molecule has 1 N–H and O–H groups in total. The van der Waals surface area contributed by atoms with Gasteiger partial charge in [0.2, 0.25) is 0 Å². The van der Waals surface area contributed by atoms with E-state index in [-0.39, 0.29) is 10.3 Å². The Morgan fingerprint density at radius 1 is 1.04 bits per heavy atom. The highest BCUT2D eigenvalue weighted by Gasteiger charge is 2.18. The van der Waals surface area contributed by atoms with E-state index in [1.54, 1.807) is 30.3 Å². The predicted molar refractivity (Wildman–Crippen MR) is 90.0 cm³/mol. The van der Waals surface area contributed by atoms with Gasteiger partial charge < -0.3 is 4.42 Å². The number of benzene rings is 2. The van der Waals surface area contributed by atoms with Crippen LogP contribution in [-0.2, 0) is 15.4 Å². The number of anilines is 1. The average Bonchev–Trinajstić information content (AvgIpc) is 2.93. The molecule has 0 bridgehead atoms. The highest BCUT2D eigenvalue weighted by Crippen LogP contribution is 2.25. The van der Waals surface area contributed by atoms with Crippen molar-refractivity contribution in [2.75, 3.05) is 4.72 Å². The summed E-state index contributed by atoms with van der Waals surface area (Å²) in [6.45, 7) is 6.25. The van der Waals surface area contributed by atoms with Crippen molar-refractivity contribution in [3.05, 3.63) is 54.4 Å². The summed E-state index contributed by atoms with van der Waals surface area (Å²) < 4.78 is 32.7. The monoisotopic (exact) mass is 330 g/mol. The van der Waals surface area contributed by atoms with Crippen LogP contribution < -0.4 is 4.72 Å². The van der Waals surface area contributed by atoms with E-state index < -0.39 is 10.0 Å². The normalized spacial score (nSPS) is 12.5. The number of sulfonamides is 1. The molecule has 0 amide bonds. The Morgan fingerprint density at radius 2 is 1.74 bits per heavy atom. The van der Waals surface area contributed by atoms with Crippen LogP contribution in [0.1, 0.15) is 26.3 Å². The number of fused-ring (bicyclic) bond motifs is 1. The van der Waals surface area contributed by atoms with Crippen LogP contribution in [0.4, 0.5) is 5.69 Å². The molecule has 0 spiro atoms. The highest BCUT2D eigenvalue weighted by molar-refractivity contribution is 7.92. The van der Waals surface area contributed by atoms with E-state index >= 15 is 0 Å². The molecule has 1 heterocycles. The van der Waals surface area contributed by atoms with Crippen LogP contribution in [0, 0.1) is 0 Å². The molecule has 5 nitrogen and oxygen atoms in total. The van der Waals surface area contributed by atoms with Crippen molar-refractivity contribution in [1.29, 1.82) is 0 Å². The Balaban J connectivity index is 1.88. The van der Waals surface area contributed by atoms with Gasteiger partial charge in [-0.3, -0.25) is 4.72 Å².